The van der Waals surface area contributed by atoms with Gasteiger partial charge in [-0.15, -0.1) is 11.3 Å². The van der Waals surface area contributed by atoms with E-state index in [4.69, 9.17) is 4.74 Å². The summed E-state index contributed by atoms with van der Waals surface area (Å²) in [5, 5.41) is 2.36. The number of ether oxygens (including phenoxy) is 1. The molecule has 1 saturated heterocycles. The van der Waals surface area contributed by atoms with Gasteiger partial charge in [-0.2, -0.15) is 0 Å². The molecule has 1 atom stereocenters. The Morgan fingerprint density at radius 2 is 2.37 bits per heavy atom. The van der Waals surface area contributed by atoms with Gasteiger partial charge >= 0.3 is 5.97 Å². The van der Waals surface area contributed by atoms with Gasteiger partial charge in [-0.05, 0) is 26.7 Å². The van der Waals surface area contributed by atoms with Crippen molar-refractivity contribution in [3.8, 4) is 0 Å². The number of hydrogen-bond acceptors (Lipinski definition) is 5. The Labute approximate surface area is 116 Å². The first-order chi connectivity index (χ1) is 9.11. The van der Waals surface area contributed by atoms with E-state index in [1.54, 1.807) is 11.8 Å². The van der Waals surface area contributed by atoms with Gasteiger partial charge in [0.2, 0.25) is 0 Å². The highest BCUT2D eigenvalue weighted by Gasteiger charge is 2.30. The van der Waals surface area contributed by atoms with E-state index in [0.717, 1.165) is 18.5 Å². The van der Waals surface area contributed by atoms with E-state index in [2.05, 4.69) is 4.98 Å². The van der Waals surface area contributed by atoms with E-state index in [0.29, 0.717) is 24.7 Å². The van der Waals surface area contributed by atoms with Crippen LogP contribution in [0.3, 0.4) is 0 Å². The van der Waals surface area contributed by atoms with Crippen molar-refractivity contribution in [2.24, 2.45) is 5.92 Å². The molecule has 0 spiro atoms. The van der Waals surface area contributed by atoms with Crippen LogP contribution in [0.15, 0.2) is 5.38 Å². The summed E-state index contributed by atoms with van der Waals surface area (Å²) in [6.45, 7) is 5.17. The van der Waals surface area contributed by atoms with Crippen LogP contribution in [0.5, 0.6) is 0 Å². The molecule has 0 bridgehead atoms. The second kappa shape index (κ2) is 6.14. The maximum Gasteiger partial charge on any atom is 0.310 e. The SMILES string of the molecule is CCOC(=O)C1CCCN(C(=O)c2nc(C)cs2)C1. The molecule has 6 heteroatoms. The van der Waals surface area contributed by atoms with Gasteiger partial charge in [-0.3, -0.25) is 9.59 Å². The van der Waals surface area contributed by atoms with E-state index < -0.39 is 0 Å². The number of likely N-dealkylation sites (tertiary alicyclic amines) is 1. The molecule has 2 rings (SSSR count). The van der Waals surface area contributed by atoms with Gasteiger partial charge in [0.25, 0.3) is 5.91 Å². The van der Waals surface area contributed by atoms with Gasteiger partial charge in [0.15, 0.2) is 5.01 Å². The Kier molecular flexibility index (Phi) is 4.52. The van der Waals surface area contributed by atoms with Crippen LogP contribution in [-0.2, 0) is 9.53 Å². The first kappa shape index (κ1) is 14.0. The Balaban J connectivity index is 2.01. The Hall–Kier alpha value is -1.43. The van der Waals surface area contributed by atoms with E-state index in [9.17, 15) is 9.59 Å². The third kappa shape index (κ3) is 3.32. The molecule has 0 saturated carbocycles. The van der Waals surface area contributed by atoms with Crippen LogP contribution in [0.2, 0.25) is 0 Å². The largest absolute Gasteiger partial charge is 0.466 e. The van der Waals surface area contributed by atoms with Gasteiger partial charge in [0.05, 0.1) is 12.5 Å². The van der Waals surface area contributed by atoms with Crippen LogP contribution < -0.4 is 0 Å². The predicted molar refractivity (Wildman–Crippen MR) is 72.1 cm³/mol. The number of piperidine rings is 1. The monoisotopic (exact) mass is 282 g/mol. The molecule has 0 aliphatic carbocycles. The van der Waals surface area contributed by atoms with Crippen LogP contribution in [0.25, 0.3) is 0 Å². The summed E-state index contributed by atoms with van der Waals surface area (Å²) in [4.78, 5) is 29.9. The average Bonchev–Trinajstić information content (AvgIpc) is 2.85. The smallest absolute Gasteiger partial charge is 0.310 e. The van der Waals surface area contributed by atoms with Gasteiger partial charge in [0, 0.05) is 24.2 Å². The summed E-state index contributed by atoms with van der Waals surface area (Å²) in [6.07, 6.45) is 1.62. The maximum atomic E-state index is 12.3. The molecule has 1 aromatic heterocycles. The number of nitrogens with zero attached hydrogens (tertiary/aromatic N) is 2. The number of esters is 1. The number of rotatable bonds is 3. The molecule has 1 amide bonds. The van der Waals surface area contributed by atoms with Crippen molar-refractivity contribution < 1.29 is 14.3 Å². The second-order valence-electron chi connectivity index (χ2n) is 4.64. The lowest BCUT2D eigenvalue weighted by molar-refractivity contribution is -0.149. The van der Waals surface area contributed by atoms with Crippen molar-refractivity contribution in [1.82, 2.24) is 9.88 Å². The summed E-state index contributed by atoms with van der Waals surface area (Å²) in [7, 11) is 0. The molecule has 1 fully saturated rings. The Morgan fingerprint density at radius 1 is 1.58 bits per heavy atom. The van der Waals surface area contributed by atoms with Crippen LogP contribution in [0, 0.1) is 12.8 Å². The predicted octanol–water partition coefficient (Wildman–Crippen LogP) is 1.87. The van der Waals surface area contributed by atoms with Gasteiger partial charge < -0.3 is 9.64 Å². The number of carbonyl (C=O) groups is 2. The summed E-state index contributed by atoms with van der Waals surface area (Å²) in [5.74, 6) is -0.471. The zero-order chi connectivity index (χ0) is 13.8. The fourth-order valence-corrected chi connectivity index (χ4v) is 2.96. The number of thiazole rings is 1. The molecule has 104 valence electrons. The molecule has 1 aromatic rings. The van der Waals surface area contributed by atoms with Crippen molar-refractivity contribution in [3.05, 3.63) is 16.1 Å². The lowest BCUT2D eigenvalue weighted by atomic mass is 9.98. The Morgan fingerprint density at radius 3 is 3.00 bits per heavy atom. The number of aryl methyl sites for hydroxylation is 1. The normalized spacial score (nSPS) is 19.3. The zero-order valence-electron chi connectivity index (χ0n) is 11.2. The highest BCUT2D eigenvalue weighted by molar-refractivity contribution is 7.11. The first-order valence-electron chi connectivity index (χ1n) is 6.50. The number of aromatic nitrogens is 1. The maximum absolute atomic E-state index is 12.3. The third-order valence-electron chi connectivity index (χ3n) is 3.13. The second-order valence-corrected chi connectivity index (χ2v) is 5.49. The quantitative estimate of drug-likeness (QED) is 0.794. The molecule has 19 heavy (non-hydrogen) atoms. The molecule has 1 unspecified atom stereocenters. The van der Waals surface area contributed by atoms with Crippen LogP contribution in [0.1, 0.15) is 35.3 Å². The van der Waals surface area contributed by atoms with E-state index in [-0.39, 0.29) is 17.8 Å². The summed E-state index contributed by atoms with van der Waals surface area (Å²) in [5.41, 5.74) is 0.854. The standard InChI is InChI=1S/C13H18N2O3S/c1-3-18-13(17)10-5-4-6-15(7-10)12(16)11-14-9(2)8-19-11/h8,10H,3-7H2,1-2H3. The van der Waals surface area contributed by atoms with E-state index >= 15 is 0 Å². The number of amides is 1. The van der Waals surface area contributed by atoms with Crippen molar-refractivity contribution in [2.45, 2.75) is 26.7 Å². The minimum absolute atomic E-state index is 0.0768. The van der Waals surface area contributed by atoms with Crippen LogP contribution >= 0.6 is 11.3 Å². The molecule has 0 radical (unpaired) electrons. The topological polar surface area (TPSA) is 59.5 Å². The summed E-state index contributed by atoms with van der Waals surface area (Å²) >= 11 is 1.35. The van der Waals surface area contributed by atoms with Gasteiger partial charge in [0.1, 0.15) is 0 Å². The van der Waals surface area contributed by atoms with E-state index in [1.807, 2.05) is 12.3 Å². The zero-order valence-corrected chi connectivity index (χ0v) is 12.0. The van der Waals surface area contributed by atoms with Crippen molar-refractivity contribution in [3.63, 3.8) is 0 Å². The van der Waals surface area contributed by atoms with Crippen molar-refractivity contribution in [1.29, 1.82) is 0 Å². The fourth-order valence-electron chi connectivity index (χ4n) is 2.20. The molecule has 0 aromatic carbocycles. The van der Waals surface area contributed by atoms with Gasteiger partial charge in [-0.25, -0.2) is 4.98 Å². The highest BCUT2D eigenvalue weighted by atomic mass is 32.1. The minimum atomic E-state index is -0.199. The average molecular weight is 282 g/mol. The minimum Gasteiger partial charge on any atom is -0.466 e. The van der Waals surface area contributed by atoms with Crippen molar-refractivity contribution in [2.75, 3.05) is 19.7 Å². The molecular weight excluding hydrogens is 264 g/mol. The number of hydrogen-bond donors (Lipinski definition) is 0. The molecular formula is C13H18N2O3S. The first-order valence-corrected chi connectivity index (χ1v) is 7.37. The molecule has 1 aliphatic rings. The van der Waals surface area contributed by atoms with Gasteiger partial charge in [-0.1, -0.05) is 0 Å². The van der Waals surface area contributed by atoms with Crippen LogP contribution in [0.4, 0.5) is 0 Å². The molecule has 0 N–H and O–H groups in total. The lowest BCUT2D eigenvalue weighted by Gasteiger charge is -2.30. The summed E-state index contributed by atoms with van der Waals surface area (Å²) in [6, 6.07) is 0. The molecule has 5 nitrogen and oxygen atoms in total. The fraction of sp³-hybridized carbons (Fsp3) is 0.615. The Bertz CT molecular complexity index is 472. The number of carbonyl (C=O) groups excluding carboxylic acids is 2. The van der Waals surface area contributed by atoms with Crippen molar-refractivity contribution >= 4 is 23.2 Å². The van der Waals surface area contributed by atoms with E-state index in [1.165, 1.54) is 11.3 Å². The third-order valence-corrected chi connectivity index (χ3v) is 4.08. The highest BCUT2D eigenvalue weighted by Crippen LogP contribution is 2.21. The van der Waals surface area contributed by atoms with Crippen LogP contribution in [-0.4, -0.2) is 41.5 Å². The summed E-state index contributed by atoms with van der Waals surface area (Å²) < 4.78 is 5.03. The molecule has 2 heterocycles. The lowest BCUT2D eigenvalue weighted by Crippen LogP contribution is -2.42. The molecule has 1 aliphatic heterocycles.